The van der Waals surface area contributed by atoms with E-state index in [1.54, 1.807) is 0 Å². The number of allylic oxidation sites excluding steroid dienone is 1. The summed E-state index contributed by atoms with van der Waals surface area (Å²) in [7, 11) is 1.89. The Hall–Kier alpha value is -0.790. The molecule has 54 valence electrons. The Balaban J connectivity index is 2.15. The zero-order valence-electron chi connectivity index (χ0n) is 6.08. The summed E-state index contributed by atoms with van der Waals surface area (Å²) < 4.78 is 0. The molecule has 0 bridgehead atoms. The van der Waals surface area contributed by atoms with Gasteiger partial charge in [-0.3, -0.25) is 4.79 Å². The van der Waals surface area contributed by atoms with Crippen LogP contribution in [0.3, 0.4) is 0 Å². The highest BCUT2D eigenvalue weighted by molar-refractivity contribution is 5.86. The van der Waals surface area contributed by atoms with Crippen molar-refractivity contribution >= 4 is 5.91 Å². The Labute approximate surface area is 60.5 Å². The summed E-state index contributed by atoms with van der Waals surface area (Å²) in [5.41, 5.74) is 0. The van der Waals surface area contributed by atoms with Crippen molar-refractivity contribution in [1.82, 2.24) is 4.90 Å². The number of β-lactam (4-membered cyclic amide) rings is 1. The van der Waals surface area contributed by atoms with Gasteiger partial charge in [-0.05, 0) is 12.8 Å². The third-order valence-corrected chi connectivity index (χ3v) is 2.56. The van der Waals surface area contributed by atoms with Crippen LogP contribution >= 0.6 is 0 Å². The van der Waals surface area contributed by atoms with Crippen molar-refractivity contribution in [2.75, 3.05) is 7.05 Å². The van der Waals surface area contributed by atoms with Crippen molar-refractivity contribution in [3.05, 3.63) is 12.2 Å². The average molecular weight is 137 g/mol. The Bertz CT molecular complexity index is 197. The summed E-state index contributed by atoms with van der Waals surface area (Å²) in [6.07, 6.45) is 6.32. The number of fused-ring (bicyclic) bond motifs is 1. The maximum atomic E-state index is 11.1. The highest BCUT2D eigenvalue weighted by Crippen LogP contribution is 2.33. The third-order valence-electron chi connectivity index (χ3n) is 2.56. The standard InChI is InChI=1S/C8H11NO/c1-9-7-5-3-2-4-6(7)8(9)10/h2-3,6-7H,4-5H2,1H3/t6-,7+/m0/s1. The summed E-state index contributed by atoms with van der Waals surface area (Å²) in [5.74, 6) is 0.657. The molecular formula is C8H11NO. The Morgan fingerprint density at radius 2 is 2.20 bits per heavy atom. The van der Waals surface area contributed by atoms with Gasteiger partial charge in [0, 0.05) is 13.1 Å². The molecule has 2 aliphatic rings. The zero-order chi connectivity index (χ0) is 7.14. The average Bonchev–Trinajstić information content (AvgIpc) is 2.03. The molecule has 0 aromatic rings. The summed E-state index contributed by atoms with van der Waals surface area (Å²) in [5, 5.41) is 0. The normalized spacial score (nSPS) is 37.3. The van der Waals surface area contributed by atoms with Gasteiger partial charge in [0.25, 0.3) is 0 Å². The van der Waals surface area contributed by atoms with Gasteiger partial charge >= 0.3 is 0 Å². The van der Waals surface area contributed by atoms with Crippen molar-refractivity contribution < 1.29 is 4.79 Å². The number of nitrogens with zero attached hydrogens (tertiary/aromatic N) is 1. The van der Waals surface area contributed by atoms with E-state index < -0.39 is 0 Å². The summed E-state index contributed by atoms with van der Waals surface area (Å²) in [4.78, 5) is 12.9. The highest BCUT2D eigenvalue weighted by atomic mass is 16.2. The van der Waals surface area contributed by atoms with Crippen LogP contribution in [0, 0.1) is 5.92 Å². The number of carbonyl (C=O) groups excluding carboxylic acids is 1. The van der Waals surface area contributed by atoms with Crippen molar-refractivity contribution in [3.8, 4) is 0 Å². The van der Waals surface area contributed by atoms with Crippen molar-refractivity contribution in [1.29, 1.82) is 0 Å². The quantitative estimate of drug-likeness (QED) is 0.357. The molecule has 0 radical (unpaired) electrons. The fourth-order valence-corrected chi connectivity index (χ4v) is 1.84. The minimum Gasteiger partial charge on any atom is -0.341 e. The van der Waals surface area contributed by atoms with Crippen LogP contribution < -0.4 is 0 Å². The van der Waals surface area contributed by atoms with E-state index in [1.165, 1.54) is 0 Å². The van der Waals surface area contributed by atoms with E-state index in [0.29, 0.717) is 17.9 Å². The van der Waals surface area contributed by atoms with Crippen molar-refractivity contribution in [2.45, 2.75) is 18.9 Å². The van der Waals surface area contributed by atoms with Gasteiger partial charge in [-0.15, -0.1) is 0 Å². The van der Waals surface area contributed by atoms with Gasteiger partial charge in [-0.2, -0.15) is 0 Å². The maximum absolute atomic E-state index is 11.1. The van der Waals surface area contributed by atoms with E-state index in [2.05, 4.69) is 12.2 Å². The summed E-state index contributed by atoms with van der Waals surface area (Å²) in [6, 6.07) is 0.525. The van der Waals surface area contributed by atoms with Crippen molar-refractivity contribution in [2.24, 2.45) is 5.92 Å². The molecule has 1 fully saturated rings. The molecule has 0 unspecified atom stereocenters. The monoisotopic (exact) mass is 137 g/mol. The second-order valence-electron chi connectivity index (χ2n) is 3.07. The number of carbonyl (C=O) groups is 1. The van der Waals surface area contributed by atoms with Crippen LogP contribution in [0.5, 0.6) is 0 Å². The second-order valence-corrected chi connectivity index (χ2v) is 3.07. The molecule has 1 amide bonds. The Morgan fingerprint density at radius 3 is 2.90 bits per heavy atom. The molecule has 1 aliphatic carbocycles. The predicted molar refractivity (Wildman–Crippen MR) is 38.4 cm³/mol. The topological polar surface area (TPSA) is 20.3 Å². The van der Waals surface area contributed by atoms with Crippen LogP contribution in [0.4, 0.5) is 0 Å². The van der Waals surface area contributed by atoms with Crippen LogP contribution in [-0.4, -0.2) is 23.9 Å². The molecule has 1 heterocycles. The first-order valence-corrected chi connectivity index (χ1v) is 3.72. The lowest BCUT2D eigenvalue weighted by Gasteiger charge is -2.46. The number of hydrogen-bond acceptors (Lipinski definition) is 1. The van der Waals surface area contributed by atoms with Gasteiger partial charge < -0.3 is 4.90 Å². The SMILES string of the molecule is CN1C(=O)[C@H]2CC=CC[C@H]21. The summed E-state index contributed by atoms with van der Waals surface area (Å²) in [6.45, 7) is 0. The lowest BCUT2D eigenvalue weighted by atomic mass is 9.80. The molecule has 1 saturated heterocycles. The van der Waals surface area contributed by atoms with E-state index in [9.17, 15) is 4.79 Å². The molecule has 2 rings (SSSR count). The number of likely N-dealkylation sites (tertiary alicyclic amines) is 1. The largest absolute Gasteiger partial charge is 0.341 e. The molecule has 2 atom stereocenters. The van der Waals surface area contributed by atoms with Gasteiger partial charge in [0.2, 0.25) is 5.91 Å². The lowest BCUT2D eigenvalue weighted by molar-refractivity contribution is -0.153. The van der Waals surface area contributed by atoms with Crippen LogP contribution in [0.25, 0.3) is 0 Å². The first-order chi connectivity index (χ1) is 4.80. The van der Waals surface area contributed by atoms with Crippen LogP contribution in [0.2, 0.25) is 0 Å². The molecule has 0 aromatic carbocycles. The van der Waals surface area contributed by atoms with Gasteiger partial charge in [-0.25, -0.2) is 0 Å². The summed E-state index contributed by atoms with van der Waals surface area (Å²) >= 11 is 0. The zero-order valence-corrected chi connectivity index (χ0v) is 6.08. The van der Waals surface area contributed by atoms with Gasteiger partial charge in [0.15, 0.2) is 0 Å². The van der Waals surface area contributed by atoms with E-state index >= 15 is 0 Å². The van der Waals surface area contributed by atoms with Gasteiger partial charge in [-0.1, -0.05) is 12.2 Å². The van der Waals surface area contributed by atoms with E-state index in [1.807, 2.05) is 11.9 Å². The molecule has 0 saturated carbocycles. The molecule has 10 heavy (non-hydrogen) atoms. The van der Waals surface area contributed by atoms with Gasteiger partial charge in [0.05, 0.1) is 5.92 Å². The molecule has 2 nitrogen and oxygen atoms in total. The maximum Gasteiger partial charge on any atom is 0.228 e. The molecule has 0 spiro atoms. The molecule has 1 aliphatic heterocycles. The second kappa shape index (κ2) is 1.84. The smallest absolute Gasteiger partial charge is 0.228 e. The minimum absolute atomic E-state index is 0.328. The number of hydrogen-bond donors (Lipinski definition) is 0. The Kier molecular flexibility index (Phi) is 1.10. The predicted octanol–water partition coefficient (Wildman–Crippen LogP) is 0.793. The molecular weight excluding hydrogens is 126 g/mol. The molecule has 2 heteroatoms. The highest BCUT2D eigenvalue weighted by Gasteiger charge is 2.44. The molecule has 0 N–H and O–H groups in total. The van der Waals surface area contributed by atoms with Crippen LogP contribution in [-0.2, 0) is 4.79 Å². The number of amides is 1. The van der Waals surface area contributed by atoms with E-state index in [-0.39, 0.29) is 0 Å². The third kappa shape index (κ3) is 0.564. The first kappa shape index (κ1) is 5.96. The fourth-order valence-electron chi connectivity index (χ4n) is 1.84. The first-order valence-electron chi connectivity index (χ1n) is 3.72. The van der Waals surface area contributed by atoms with E-state index in [0.717, 1.165) is 12.8 Å². The van der Waals surface area contributed by atoms with Crippen molar-refractivity contribution in [3.63, 3.8) is 0 Å². The fraction of sp³-hybridized carbons (Fsp3) is 0.625. The van der Waals surface area contributed by atoms with E-state index in [4.69, 9.17) is 0 Å². The lowest BCUT2D eigenvalue weighted by Crippen LogP contribution is -2.59. The Morgan fingerprint density at radius 1 is 1.50 bits per heavy atom. The van der Waals surface area contributed by atoms with Crippen LogP contribution in [0.15, 0.2) is 12.2 Å². The molecule has 0 aromatic heterocycles. The van der Waals surface area contributed by atoms with Crippen LogP contribution in [0.1, 0.15) is 12.8 Å². The van der Waals surface area contributed by atoms with Gasteiger partial charge in [0.1, 0.15) is 0 Å². The minimum atomic E-state index is 0.328. The number of rotatable bonds is 0.